The first-order valence-corrected chi connectivity index (χ1v) is 3.52. The molecule has 5 heteroatoms. The molecule has 0 aliphatic carbocycles. The van der Waals surface area contributed by atoms with Crippen LogP contribution in [0, 0.1) is 5.82 Å². The van der Waals surface area contributed by atoms with Gasteiger partial charge in [0.1, 0.15) is 5.82 Å². The number of hydrazine groups is 1. The van der Waals surface area contributed by atoms with E-state index in [9.17, 15) is 4.39 Å². The van der Waals surface area contributed by atoms with Gasteiger partial charge in [0, 0.05) is 0 Å². The van der Waals surface area contributed by atoms with E-state index in [-0.39, 0.29) is 10.0 Å². The van der Waals surface area contributed by atoms with E-state index >= 15 is 0 Å². The van der Waals surface area contributed by atoms with E-state index in [0.717, 1.165) is 12.1 Å². The van der Waals surface area contributed by atoms with Crippen LogP contribution in [-0.4, -0.2) is 0 Å². The Kier molecular flexibility index (Phi) is 2.54. The van der Waals surface area contributed by atoms with Crippen molar-refractivity contribution in [3.05, 3.63) is 28.0 Å². The van der Waals surface area contributed by atoms with Crippen LogP contribution in [0.25, 0.3) is 0 Å². The third-order valence-corrected chi connectivity index (χ3v) is 1.75. The first kappa shape index (κ1) is 8.59. The van der Waals surface area contributed by atoms with E-state index in [4.69, 9.17) is 29.0 Å². The second kappa shape index (κ2) is 3.26. The maximum Gasteiger partial charge on any atom is 0.126 e. The standard InChI is InChI=1S/C6H5Cl2FN2/c7-4-1-3(9)2-5(8)6(4)11-10/h1-2,11H,10H2. The van der Waals surface area contributed by atoms with Gasteiger partial charge in [-0.2, -0.15) is 0 Å². The molecule has 2 nitrogen and oxygen atoms in total. The quantitative estimate of drug-likeness (QED) is 0.533. The van der Waals surface area contributed by atoms with E-state index in [1.807, 2.05) is 0 Å². The summed E-state index contributed by atoms with van der Waals surface area (Å²) in [7, 11) is 0. The highest BCUT2D eigenvalue weighted by atomic mass is 35.5. The molecular weight excluding hydrogens is 190 g/mol. The van der Waals surface area contributed by atoms with Crippen LogP contribution in [0.15, 0.2) is 12.1 Å². The average Bonchev–Trinajstić information content (AvgIpc) is 1.85. The number of rotatable bonds is 1. The van der Waals surface area contributed by atoms with Gasteiger partial charge in [-0.1, -0.05) is 23.2 Å². The zero-order valence-electron chi connectivity index (χ0n) is 5.37. The topological polar surface area (TPSA) is 38.0 Å². The van der Waals surface area contributed by atoms with Crippen LogP contribution in [0.2, 0.25) is 10.0 Å². The maximum atomic E-state index is 12.5. The Balaban J connectivity index is 3.25. The number of nitrogens with one attached hydrogen (secondary N) is 1. The summed E-state index contributed by atoms with van der Waals surface area (Å²) in [5.41, 5.74) is 2.59. The van der Waals surface area contributed by atoms with Gasteiger partial charge < -0.3 is 5.43 Å². The van der Waals surface area contributed by atoms with Crippen molar-refractivity contribution in [3.63, 3.8) is 0 Å². The number of nitrogen functional groups attached to an aromatic ring is 1. The van der Waals surface area contributed by atoms with Crippen molar-refractivity contribution in [2.45, 2.75) is 0 Å². The molecule has 0 amide bonds. The Morgan fingerprint density at radius 2 is 1.73 bits per heavy atom. The van der Waals surface area contributed by atoms with Crippen LogP contribution in [-0.2, 0) is 0 Å². The molecule has 0 bridgehead atoms. The average molecular weight is 195 g/mol. The second-order valence-corrected chi connectivity index (χ2v) is 2.70. The zero-order chi connectivity index (χ0) is 8.43. The summed E-state index contributed by atoms with van der Waals surface area (Å²) in [6.07, 6.45) is 0. The van der Waals surface area contributed by atoms with Gasteiger partial charge in [0.2, 0.25) is 0 Å². The first-order chi connectivity index (χ1) is 5.15. The fraction of sp³-hybridized carbons (Fsp3) is 0. The molecule has 0 aromatic heterocycles. The fourth-order valence-corrected chi connectivity index (χ4v) is 1.25. The molecule has 0 radical (unpaired) electrons. The van der Waals surface area contributed by atoms with E-state index in [1.54, 1.807) is 0 Å². The van der Waals surface area contributed by atoms with Gasteiger partial charge in [0.05, 0.1) is 15.7 Å². The largest absolute Gasteiger partial charge is 0.321 e. The van der Waals surface area contributed by atoms with Gasteiger partial charge in [-0.05, 0) is 12.1 Å². The molecule has 1 aromatic rings. The third kappa shape index (κ3) is 1.74. The van der Waals surface area contributed by atoms with E-state index < -0.39 is 5.82 Å². The highest BCUT2D eigenvalue weighted by Gasteiger charge is 2.05. The molecule has 1 aromatic carbocycles. The molecule has 1 rings (SSSR count). The van der Waals surface area contributed by atoms with Crippen molar-refractivity contribution < 1.29 is 4.39 Å². The molecular formula is C6H5Cl2FN2. The van der Waals surface area contributed by atoms with Crippen LogP contribution in [0.1, 0.15) is 0 Å². The van der Waals surface area contributed by atoms with Crippen LogP contribution < -0.4 is 11.3 Å². The molecule has 0 saturated carbocycles. The molecule has 0 unspecified atom stereocenters. The van der Waals surface area contributed by atoms with Crippen molar-refractivity contribution in [1.82, 2.24) is 0 Å². The summed E-state index contributed by atoms with van der Waals surface area (Å²) in [4.78, 5) is 0. The molecule has 0 atom stereocenters. The minimum absolute atomic E-state index is 0.164. The Bertz CT molecular complexity index is 254. The van der Waals surface area contributed by atoms with Crippen LogP contribution in [0.5, 0.6) is 0 Å². The summed E-state index contributed by atoms with van der Waals surface area (Å²) < 4.78 is 12.5. The third-order valence-electron chi connectivity index (χ3n) is 1.15. The van der Waals surface area contributed by atoms with Gasteiger partial charge in [0.15, 0.2) is 0 Å². The Morgan fingerprint density at radius 1 is 1.27 bits per heavy atom. The van der Waals surface area contributed by atoms with Crippen molar-refractivity contribution >= 4 is 28.9 Å². The lowest BCUT2D eigenvalue weighted by Gasteiger charge is -2.04. The van der Waals surface area contributed by atoms with Gasteiger partial charge in [-0.3, -0.25) is 5.84 Å². The van der Waals surface area contributed by atoms with Gasteiger partial charge in [-0.15, -0.1) is 0 Å². The van der Waals surface area contributed by atoms with Gasteiger partial charge in [0.25, 0.3) is 0 Å². The van der Waals surface area contributed by atoms with Gasteiger partial charge >= 0.3 is 0 Å². The normalized spacial score (nSPS) is 9.82. The Morgan fingerprint density at radius 3 is 2.09 bits per heavy atom. The van der Waals surface area contributed by atoms with Gasteiger partial charge in [-0.25, -0.2) is 4.39 Å². The minimum atomic E-state index is -0.487. The monoisotopic (exact) mass is 194 g/mol. The lowest BCUT2D eigenvalue weighted by atomic mass is 10.3. The minimum Gasteiger partial charge on any atom is -0.321 e. The highest BCUT2D eigenvalue weighted by molar-refractivity contribution is 6.39. The second-order valence-electron chi connectivity index (χ2n) is 1.89. The van der Waals surface area contributed by atoms with Crippen molar-refractivity contribution in [2.75, 3.05) is 5.43 Å². The lowest BCUT2D eigenvalue weighted by Crippen LogP contribution is -2.07. The number of hydrogen-bond acceptors (Lipinski definition) is 2. The number of benzene rings is 1. The zero-order valence-corrected chi connectivity index (χ0v) is 6.88. The lowest BCUT2D eigenvalue weighted by molar-refractivity contribution is 0.628. The molecule has 0 fully saturated rings. The molecule has 0 aliphatic heterocycles. The van der Waals surface area contributed by atoms with E-state index in [1.165, 1.54) is 0 Å². The Labute approximate surface area is 73.1 Å². The summed E-state index contributed by atoms with van der Waals surface area (Å²) >= 11 is 11.1. The number of anilines is 1. The highest BCUT2D eigenvalue weighted by Crippen LogP contribution is 2.30. The van der Waals surface area contributed by atoms with E-state index in [0.29, 0.717) is 5.69 Å². The van der Waals surface area contributed by atoms with Crippen molar-refractivity contribution in [3.8, 4) is 0 Å². The molecule has 0 heterocycles. The molecule has 0 spiro atoms. The summed E-state index contributed by atoms with van der Waals surface area (Å²) in [5, 5.41) is 0.329. The fourth-order valence-electron chi connectivity index (χ4n) is 0.680. The van der Waals surface area contributed by atoms with E-state index in [2.05, 4.69) is 5.43 Å². The maximum absolute atomic E-state index is 12.5. The molecule has 0 saturated heterocycles. The predicted molar refractivity (Wildman–Crippen MR) is 44.2 cm³/mol. The summed E-state index contributed by atoms with van der Waals surface area (Å²) in [6, 6.07) is 2.26. The smallest absolute Gasteiger partial charge is 0.126 e. The molecule has 60 valence electrons. The molecule has 0 aliphatic rings. The van der Waals surface area contributed by atoms with Crippen LogP contribution in [0.3, 0.4) is 0 Å². The summed E-state index contributed by atoms with van der Waals surface area (Å²) in [5.74, 6) is 4.57. The first-order valence-electron chi connectivity index (χ1n) is 2.76. The molecule has 3 N–H and O–H groups in total. The number of halogens is 3. The predicted octanol–water partition coefficient (Wildman–Crippen LogP) is 2.42. The van der Waals surface area contributed by atoms with Crippen LogP contribution in [0.4, 0.5) is 10.1 Å². The summed E-state index contributed by atoms with van der Waals surface area (Å²) in [6.45, 7) is 0. The number of hydrogen-bond donors (Lipinski definition) is 2. The van der Waals surface area contributed by atoms with Crippen LogP contribution >= 0.6 is 23.2 Å². The molecule has 11 heavy (non-hydrogen) atoms. The Hall–Kier alpha value is -0.510. The van der Waals surface area contributed by atoms with Crippen molar-refractivity contribution in [2.24, 2.45) is 5.84 Å². The van der Waals surface area contributed by atoms with Crippen molar-refractivity contribution in [1.29, 1.82) is 0 Å². The SMILES string of the molecule is NNc1c(Cl)cc(F)cc1Cl. The number of nitrogens with two attached hydrogens (primary N) is 1.